The number of rotatable bonds is 6. The second-order valence-corrected chi connectivity index (χ2v) is 8.10. The predicted octanol–water partition coefficient (Wildman–Crippen LogP) is 6.84. The van der Waals surface area contributed by atoms with E-state index in [0.29, 0.717) is 28.1 Å². The summed E-state index contributed by atoms with van der Waals surface area (Å²) in [6.07, 6.45) is -5.99. The molecule has 14 heteroatoms. The second kappa shape index (κ2) is 12.4. The van der Waals surface area contributed by atoms with E-state index < -0.39 is 18.2 Å². The van der Waals surface area contributed by atoms with Crippen molar-refractivity contribution in [2.24, 2.45) is 0 Å². The molecule has 0 fully saturated rings. The Morgan fingerprint density at radius 1 is 0.872 bits per heavy atom. The first-order valence-electron chi connectivity index (χ1n) is 10.8. The van der Waals surface area contributed by atoms with Crippen LogP contribution in [0.2, 0.25) is 5.02 Å². The van der Waals surface area contributed by atoms with E-state index in [1.165, 1.54) is 42.7 Å². The van der Waals surface area contributed by atoms with Gasteiger partial charge in [0.05, 0.1) is 6.20 Å². The fraction of sp³-hybridized carbons (Fsp3) is 0.120. The standard InChI is InChI=1S/C18H12ClF3N4O2.C7H6F3N/c19-13-5-1-11(2-6-13)15-9-23-25-17(26-24-10-27)16(15)12-3-7-14(8-4-12)28-18(20,21)22;1-5-2-3-6(11-4-5)7(8,9)10/h1-10H,(H,24,27)(H,25,26);2-4H,1H3. The van der Waals surface area contributed by atoms with Gasteiger partial charge in [-0.25, -0.2) is 0 Å². The molecule has 0 spiro atoms. The van der Waals surface area contributed by atoms with Crippen molar-refractivity contribution in [2.75, 3.05) is 5.43 Å². The monoisotopic (exact) mass is 569 g/mol. The van der Waals surface area contributed by atoms with E-state index >= 15 is 0 Å². The summed E-state index contributed by atoms with van der Waals surface area (Å²) in [5, 5.41) is 8.42. The molecule has 4 aromatic rings. The lowest BCUT2D eigenvalue weighted by atomic mass is 9.96. The van der Waals surface area contributed by atoms with E-state index in [1.54, 1.807) is 31.2 Å². The third-order valence-electron chi connectivity index (χ3n) is 4.83. The van der Waals surface area contributed by atoms with E-state index in [9.17, 15) is 31.1 Å². The topological polar surface area (TPSA) is 89.0 Å². The molecule has 0 bridgehead atoms. The maximum Gasteiger partial charge on any atom is 0.573 e. The molecular formula is C25H18ClF6N5O2. The summed E-state index contributed by atoms with van der Waals surface area (Å²) >= 11 is 5.93. The smallest absolute Gasteiger partial charge is 0.406 e. The van der Waals surface area contributed by atoms with Crippen LogP contribution < -0.4 is 15.6 Å². The van der Waals surface area contributed by atoms with Gasteiger partial charge in [-0.3, -0.25) is 20.6 Å². The van der Waals surface area contributed by atoms with E-state index in [1.807, 2.05) is 0 Å². The summed E-state index contributed by atoms with van der Waals surface area (Å²) < 4.78 is 76.6. The van der Waals surface area contributed by atoms with Crippen LogP contribution in [-0.4, -0.2) is 28.0 Å². The molecule has 2 aromatic carbocycles. The highest BCUT2D eigenvalue weighted by molar-refractivity contribution is 6.30. The fourth-order valence-electron chi connectivity index (χ4n) is 3.17. The zero-order valence-electron chi connectivity index (χ0n) is 19.8. The fourth-order valence-corrected chi connectivity index (χ4v) is 3.30. The minimum absolute atomic E-state index is 0.212. The Balaban J connectivity index is 0.000000320. The number of aryl methyl sites for hydroxylation is 1. The Kier molecular flexibility index (Phi) is 9.30. The Bertz CT molecular complexity index is 1380. The lowest BCUT2D eigenvalue weighted by Gasteiger charge is -2.15. The Hall–Kier alpha value is -4.39. The number of nitrogens with one attached hydrogen (secondary N) is 2. The van der Waals surface area contributed by atoms with Gasteiger partial charge in [-0.05, 0) is 53.9 Å². The van der Waals surface area contributed by atoms with Crippen molar-refractivity contribution >= 4 is 23.8 Å². The average Bonchev–Trinajstić information content (AvgIpc) is 2.87. The second-order valence-electron chi connectivity index (χ2n) is 7.67. The number of aromatic nitrogens is 3. The van der Waals surface area contributed by atoms with E-state index in [0.717, 1.165) is 17.2 Å². The molecular weight excluding hydrogens is 552 g/mol. The van der Waals surface area contributed by atoms with Crippen molar-refractivity contribution in [3.8, 4) is 28.0 Å². The number of alkyl halides is 6. The molecule has 39 heavy (non-hydrogen) atoms. The molecule has 0 aliphatic carbocycles. The first kappa shape index (κ1) is 29.2. The molecule has 4 rings (SSSR count). The highest BCUT2D eigenvalue weighted by Gasteiger charge is 2.32. The van der Waals surface area contributed by atoms with Gasteiger partial charge >= 0.3 is 12.5 Å². The molecule has 2 N–H and O–H groups in total. The first-order chi connectivity index (χ1) is 18.4. The van der Waals surface area contributed by atoms with Crippen molar-refractivity contribution in [2.45, 2.75) is 19.5 Å². The number of halogens is 7. The zero-order valence-corrected chi connectivity index (χ0v) is 20.6. The number of anilines is 1. The number of carbonyl (C=O) groups excluding carboxylic acids is 1. The lowest BCUT2D eigenvalue weighted by molar-refractivity contribution is -0.274. The summed E-state index contributed by atoms with van der Waals surface area (Å²) in [6.45, 7) is 1.69. The van der Waals surface area contributed by atoms with E-state index in [4.69, 9.17) is 11.6 Å². The highest BCUT2D eigenvalue weighted by atomic mass is 35.5. The van der Waals surface area contributed by atoms with Crippen molar-refractivity contribution in [1.29, 1.82) is 0 Å². The largest absolute Gasteiger partial charge is 0.573 e. The minimum atomic E-state index is -4.78. The first-order valence-corrected chi connectivity index (χ1v) is 11.2. The molecule has 0 aliphatic heterocycles. The molecule has 0 saturated heterocycles. The molecule has 0 aliphatic rings. The number of ether oxygens (including phenoxy) is 1. The molecule has 0 atom stereocenters. The van der Waals surface area contributed by atoms with Crippen LogP contribution in [-0.2, 0) is 11.0 Å². The van der Waals surface area contributed by atoms with Gasteiger partial charge in [-0.1, -0.05) is 41.9 Å². The minimum Gasteiger partial charge on any atom is -0.406 e. The Morgan fingerprint density at radius 3 is 2.05 bits per heavy atom. The Labute approximate surface area is 222 Å². The number of benzene rings is 2. The number of pyridine rings is 1. The molecule has 1 amide bonds. The summed E-state index contributed by atoms with van der Waals surface area (Å²) in [4.78, 5) is 13.9. The van der Waals surface area contributed by atoms with Crippen LogP contribution in [0.5, 0.6) is 5.75 Å². The van der Waals surface area contributed by atoms with Crippen LogP contribution in [0.25, 0.3) is 22.3 Å². The molecule has 0 radical (unpaired) electrons. The van der Waals surface area contributed by atoms with Crippen LogP contribution >= 0.6 is 11.6 Å². The maximum absolute atomic E-state index is 12.4. The molecule has 0 unspecified atom stereocenters. The third-order valence-corrected chi connectivity index (χ3v) is 5.09. The van der Waals surface area contributed by atoms with Crippen molar-refractivity contribution < 1.29 is 35.9 Å². The van der Waals surface area contributed by atoms with Crippen molar-refractivity contribution in [1.82, 2.24) is 20.6 Å². The van der Waals surface area contributed by atoms with Gasteiger partial charge in [0.1, 0.15) is 11.4 Å². The summed E-state index contributed by atoms with van der Waals surface area (Å²) in [5.74, 6) is -0.143. The van der Waals surface area contributed by atoms with Gasteiger partial charge in [0.15, 0.2) is 5.82 Å². The summed E-state index contributed by atoms with van der Waals surface area (Å²) in [7, 11) is 0. The van der Waals surface area contributed by atoms with Gasteiger partial charge in [0, 0.05) is 22.3 Å². The van der Waals surface area contributed by atoms with Crippen LogP contribution in [0, 0.1) is 6.92 Å². The highest BCUT2D eigenvalue weighted by Crippen LogP contribution is 2.37. The molecule has 2 heterocycles. The molecule has 204 valence electrons. The van der Waals surface area contributed by atoms with E-state index in [2.05, 4.69) is 30.8 Å². The van der Waals surface area contributed by atoms with Gasteiger partial charge in [-0.2, -0.15) is 18.3 Å². The van der Waals surface area contributed by atoms with E-state index in [-0.39, 0.29) is 11.6 Å². The quantitative estimate of drug-likeness (QED) is 0.150. The normalized spacial score (nSPS) is 11.2. The lowest BCUT2D eigenvalue weighted by Crippen LogP contribution is -2.21. The number of hydrogen-bond acceptors (Lipinski definition) is 6. The number of hydrazine groups is 1. The van der Waals surface area contributed by atoms with Crippen LogP contribution in [0.3, 0.4) is 0 Å². The van der Waals surface area contributed by atoms with Gasteiger partial charge in [-0.15, -0.1) is 18.3 Å². The molecule has 2 aromatic heterocycles. The molecule has 7 nitrogen and oxygen atoms in total. The summed E-state index contributed by atoms with van der Waals surface area (Å²) in [5.41, 5.74) is 7.19. The Morgan fingerprint density at radius 2 is 1.51 bits per heavy atom. The number of nitrogens with zero attached hydrogens (tertiary/aromatic N) is 3. The van der Waals surface area contributed by atoms with Crippen LogP contribution in [0.15, 0.2) is 73.1 Å². The van der Waals surface area contributed by atoms with Crippen LogP contribution in [0.1, 0.15) is 11.3 Å². The number of hydrogen-bond donors (Lipinski definition) is 2. The van der Waals surface area contributed by atoms with Crippen molar-refractivity contribution in [3.63, 3.8) is 0 Å². The summed E-state index contributed by atoms with van der Waals surface area (Å²) in [6, 6.07) is 14.5. The third kappa shape index (κ3) is 8.57. The van der Waals surface area contributed by atoms with Crippen molar-refractivity contribution in [3.05, 3.63) is 89.3 Å². The van der Waals surface area contributed by atoms with Gasteiger partial charge in [0.2, 0.25) is 6.41 Å². The van der Waals surface area contributed by atoms with Crippen LogP contribution in [0.4, 0.5) is 32.2 Å². The van der Waals surface area contributed by atoms with Gasteiger partial charge in [0.25, 0.3) is 0 Å². The SMILES string of the molecule is Cc1ccc(C(F)(F)F)nc1.O=CNNc1nncc(-c2ccc(Cl)cc2)c1-c1ccc(OC(F)(F)F)cc1. The number of carbonyl (C=O) groups is 1. The zero-order chi connectivity index (χ0) is 28.6. The van der Waals surface area contributed by atoms with Gasteiger partial charge < -0.3 is 4.74 Å². The maximum atomic E-state index is 12.4. The molecule has 0 saturated carbocycles. The predicted molar refractivity (Wildman–Crippen MR) is 131 cm³/mol. The average molecular weight is 570 g/mol. The number of amides is 1.